The lowest BCUT2D eigenvalue weighted by atomic mass is 10.0. The summed E-state index contributed by atoms with van der Waals surface area (Å²) in [7, 11) is 1.65. The second-order valence-electron chi connectivity index (χ2n) is 11.5. The van der Waals surface area contributed by atoms with E-state index in [9.17, 15) is 19.2 Å². The van der Waals surface area contributed by atoms with Gasteiger partial charge < -0.3 is 26.6 Å². The van der Waals surface area contributed by atoms with Crippen LogP contribution in [0.25, 0.3) is 11.3 Å². The number of hydrogen-bond acceptors (Lipinski definition) is 7. The van der Waals surface area contributed by atoms with E-state index in [1.54, 1.807) is 43.0 Å². The molecule has 0 aliphatic carbocycles. The van der Waals surface area contributed by atoms with E-state index >= 15 is 0 Å². The summed E-state index contributed by atoms with van der Waals surface area (Å²) in [5, 5.41) is 17.8. The minimum Gasteiger partial charge on any atom is -0.368 e. The first-order valence-electron chi connectivity index (χ1n) is 14.7. The molecule has 2 aromatic carbocycles. The maximum absolute atomic E-state index is 14.1. The van der Waals surface area contributed by atoms with Crippen LogP contribution in [0.2, 0.25) is 10.0 Å². The molecule has 4 amide bonds. The van der Waals surface area contributed by atoms with Crippen molar-refractivity contribution in [3.8, 4) is 11.3 Å². The molecule has 0 spiro atoms. The van der Waals surface area contributed by atoms with Gasteiger partial charge in [0.2, 0.25) is 23.6 Å². The first kappa shape index (κ1) is 33.9. The van der Waals surface area contributed by atoms with E-state index < -0.39 is 47.9 Å². The number of primary amides is 1. The molecule has 12 nitrogen and oxygen atoms in total. The first-order chi connectivity index (χ1) is 21.4. The number of benzene rings is 2. The molecule has 240 valence electrons. The van der Waals surface area contributed by atoms with E-state index in [0.717, 1.165) is 5.56 Å². The van der Waals surface area contributed by atoms with Crippen molar-refractivity contribution in [2.24, 2.45) is 11.7 Å². The highest BCUT2D eigenvalue weighted by Gasteiger charge is 2.44. The third-order valence-corrected chi connectivity index (χ3v) is 8.70. The normalized spacial score (nSPS) is 18.3. The number of rotatable bonds is 12. The molecule has 1 aliphatic heterocycles. The Bertz CT molecular complexity index is 1530. The van der Waals surface area contributed by atoms with Gasteiger partial charge in [0.05, 0.1) is 28.3 Å². The minimum atomic E-state index is -0.999. The number of likely N-dealkylation sites (N-methyl/N-ethyl adjacent to an activating group) is 1. The summed E-state index contributed by atoms with van der Waals surface area (Å²) >= 11 is 12.3. The Balaban J connectivity index is 1.62. The highest BCUT2D eigenvalue weighted by atomic mass is 35.5. The van der Waals surface area contributed by atoms with Gasteiger partial charge in [0, 0.05) is 24.9 Å². The predicted octanol–water partition coefficient (Wildman–Crippen LogP) is 2.36. The van der Waals surface area contributed by atoms with Crippen molar-refractivity contribution < 1.29 is 19.2 Å². The van der Waals surface area contributed by atoms with Crippen LogP contribution in [-0.2, 0) is 25.6 Å². The van der Waals surface area contributed by atoms with Gasteiger partial charge in [-0.05, 0) is 37.6 Å². The minimum absolute atomic E-state index is 0.113. The van der Waals surface area contributed by atoms with Crippen LogP contribution >= 0.6 is 23.2 Å². The third kappa shape index (κ3) is 8.19. The van der Waals surface area contributed by atoms with E-state index in [-0.39, 0.29) is 31.2 Å². The molecule has 0 bridgehead atoms. The Hall–Kier alpha value is -4.00. The molecular weight excluding hydrogens is 619 g/mol. The van der Waals surface area contributed by atoms with Crippen molar-refractivity contribution in [3.63, 3.8) is 0 Å². The quantitative estimate of drug-likeness (QED) is 0.232. The molecule has 4 rings (SSSR count). The maximum Gasteiger partial charge on any atom is 0.246 e. The van der Waals surface area contributed by atoms with Crippen LogP contribution in [-0.4, -0.2) is 81.3 Å². The molecule has 1 aliphatic rings. The molecule has 5 atom stereocenters. The van der Waals surface area contributed by atoms with E-state index in [2.05, 4.69) is 26.3 Å². The van der Waals surface area contributed by atoms with Crippen molar-refractivity contribution in [2.75, 3.05) is 13.6 Å². The Morgan fingerprint density at radius 1 is 1.02 bits per heavy atom. The van der Waals surface area contributed by atoms with Crippen LogP contribution in [0.5, 0.6) is 0 Å². The molecule has 14 heteroatoms. The van der Waals surface area contributed by atoms with E-state index in [1.165, 1.54) is 4.90 Å². The fourth-order valence-electron chi connectivity index (χ4n) is 5.18. The van der Waals surface area contributed by atoms with Crippen molar-refractivity contribution in [2.45, 2.75) is 63.8 Å². The van der Waals surface area contributed by atoms with Crippen molar-refractivity contribution in [1.29, 1.82) is 0 Å². The highest BCUT2D eigenvalue weighted by molar-refractivity contribution is 6.42. The van der Waals surface area contributed by atoms with Gasteiger partial charge in [-0.2, -0.15) is 0 Å². The molecule has 0 radical (unpaired) electrons. The van der Waals surface area contributed by atoms with Crippen LogP contribution < -0.4 is 21.7 Å². The van der Waals surface area contributed by atoms with Crippen molar-refractivity contribution >= 4 is 46.8 Å². The summed E-state index contributed by atoms with van der Waals surface area (Å²) in [5.41, 5.74) is 7.72. The Morgan fingerprint density at radius 2 is 1.73 bits per heavy atom. The average Bonchev–Trinajstić information content (AvgIpc) is 3.69. The van der Waals surface area contributed by atoms with Gasteiger partial charge in [-0.25, -0.2) is 4.68 Å². The van der Waals surface area contributed by atoms with E-state index in [1.807, 2.05) is 44.2 Å². The number of amides is 4. The molecule has 2 heterocycles. The highest BCUT2D eigenvalue weighted by Crippen LogP contribution is 2.31. The largest absolute Gasteiger partial charge is 0.368 e. The van der Waals surface area contributed by atoms with Gasteiger partial charge >= 0.3 is 0 Å². The fourth-order valence-corrected chi connectivity index (χ4v) is 5.48. The Labute approximate surface area is 272 Å². The lowest BCUT2D eigenvalue weighted by molar-refractivity contribution is -0.143. The van der Waals surface area contributed by atoms with Gasteiger partial charge in [0.15, 0.2) is 0 Å². The van der Waals surface area contributed by atoms with Crippen LogP contribution in [0.1, 0.15) is 38.8 Å². The molecule has 1 fully saturated rings. The summed E-state index contributed by atoms with van der Waals surface area (Å²) in [5.74, 6) is -2.28. The van der Waals surface area contributed by atoms with Crippen molar-refractivity contribution in [1.82, 2.24) is 35.8 Å². The smallest absolute Gasteiger partial charge is 0.246 e. The maximum atomic E-state index is 14.1. The molecule has 5 N–H and O–H groups in total. The molecule has 0 unspecified atom stereocenters. The van der Waals surface area contributed by atoms with E-state index in [0.29, 0.717) is 21.3 Å². The van der Waals surface area contributed by atoms with Crippen LogP contribution in [0.15, 0.2) is 54.7 Å². The van der Waals surface area contributed by atoms with Gasteiger partial charge in [-0.3, -0.25) is 19.2 Å². The number of likely N-dealkylation sites (tertiary alicyclic amines) is 1. The fraction of sp³-hybridized carbons (Fsp3) is 0.419. The summed E-state index contributed by atoms with van der Waals surface area (Å²) in [6.45, 7) is 5.44. The monoisotopic (exact) mass is 656 g/mol. The molecule has 3 aromatic rings. The second kappa shape index (κ2) is 14.9. The number of nitrogens with two attached hydrogens (primary N) is 1. The number of nitrogens with one attached hydrogen (secondary N) is 3. The molecule has 45 heavy (non-hydrogen) atoms. The van der Waals surface area contributed by atoms with Crippen LogP contribution in [0, 0.1) is 5.92 Å². The lowest BCUT2D eigenvalue weighted by Crippen LogP contribution is -2.58. The van der Waals surface area contributed by atoms with Gasteiger partial charge in [0.1, 0.15) is 23.8 Å². The Kier molecular flexibility index (Phi) is 11.2. The zero-order valence-electron chi connectivity index (χ0n) is 25.5. The van der Waals surface area contributed by atoms with E-state index in [4.69, 9.17) is 28.9 Å². The van der Waals surface area contributed by atoms with Gasteiger partial charge in [-0.15, -0.1) is 5.10 Å². The summed E-state index contributed by atoms with van der Waals surface area (Å²) in [4.78, 5) is 54.5. The number of nitrogens with zero attached hydrogens (tertiary/aromatic N) is 4. The van der Waals surface area contributed by atoms with Gasteiger partial charge in [0.25, 0.3) is 0 Å². The lowest BCUT2D eigenvalue weighted by Gasteiger charge is -2.31. The summed E-state index contributed by atoms with van der Waals surface area (Å²) in [6, 6.07) is 10.4. The molecular formula is C31H38Cl2N8O4. The zero-order valence-corrected chi connectivity index (χ0v) is 27.0. The summed E-state index contributed by atoms with van der Waals surface area (Å²) in [6.07, 6.45) is 2.09. The molecule has 0 saturated carbocycles. The average molecular weight is 658 g/mol. The second-order valence-corrected chi connectivity index (χ2v) is 12.3. The van der Waals surface area contributed by atoms with Crippen molar-refractivity contribution in [3.05, 3.63) is 70.3 Å². The topological polar surface area (TPSA) is 164 Å². The molecule has 1 saturated heterocycles. The predicted molar refractivity (Wildman–Crippen MR) is 171 cm³/mol. The third-order valence-electron chi connectivity index (χ3n) is 7.96. The number of carbonyl (C=O) groups excluding carboxylic acids is 4. The number of hydrogen-bond donors (Lipinski definition) is 4. The van der Waals surface area contributed by atoms with Crippen LogP contribution in [0.4, 0.5) is 0 Å². The van der Waals surface area contributed by atoms with Crippen LogP contribution in [0.3, 0.4) is 0 Å². The Morgan fingerprint density at radius 3 is 2.36 bits per heavy atom. The van der Waals surface area contributed by atoms with Gasteiger partial charge in [-0.1, -0.05) is 78.7 Å². The SMILES string of the molecule is CN[C@@H](C)C(=O)N[C@H](C(=O)N1C[C@@H](n2cc(-c3ccc(Cl)c(Cl)c3)nn2)C[C@H]1C(=O)N[C@@H](Cc1ccccc1)C(N)=O)C(C)C. The first-order valence-corrected chi connectivity index (χ1v) is 15.4. The number of halogens is 2. The summed E-state index contributed by atoms with van der Waals surface area (Å²) < 4.78 is 1.60. The number of aromatic nitrogens is 3. The zero-order chi connectivity index (χ0) is 32.8. The number of carbonyl (C=O) groups is 4. The standard InChI is InChI=1S/C31H38Cl2N8O4/c1-17(2)27(37-29(43)18(3)35-4)31(45)40-15-21(41-16-25(38-39-41)20-10-11-22(32)23(33)13-20)14-26(40)30(44)36-24(28(34)42)12-19-8-6-5-7-9-19/h5-11,13,16-18,21,24,26-27,35H,12,14-15H2,1-4H3,(H2,34,42)(H,36,44)(H,37,43)/t18-,21-,24-,26-,27-/m0/s1. The molecule has 1 aromatic heterocycles.